The Labute approximate surface area is 149 Å². The molecule has 0 saturated heterocycles. The van der Waals surface area contributed by atoms with Crippen LogP contribution < -0.4 is 10.6 Å². The van der Waals surface area contributed by atoms with Crippen LogP contribution in [0.15, 0.2) is 54.7 Å². The number of amides is 1. The molecule has 6 heteroatoms. The number of hydrogen-bond donors (Lipinski definition) is 2. The lowest BCUT2D eigenvalue weighted by molar-refractivity contribution is 0.102. The molecule has 0 aliphatic carbocycles. The molecule has 1 amide bonds. The first kappa shape index (κ1) is 16.5. The Bertz CT molecular complexity index is 863. The first-order valence-electron chi connectivity index (χ1n) is 7.42. The van der Waals surface area contributed by atoms with Crippen molar-refractivity contribution >= 4 is 40.2 Å². The lowest BCUT2D eigenvalue weighted by atomic mass is 10.1. The molecule has 2 N–H and O–H groups in total. The summed E-state index contributed by atoms with van der Waals surface area (Å²) in [5.74, 6) is -0.134. The maximum atomic E-state index is 12.4. The SMILES string of the molecule is Cc1cccc(NC(=O)c2cccc(NCc3cnc(Cl)s3)c2)c1. The molecule has 122 valence electrons. The molecule has 4 nitrogen and oxygen atoms in total. The first-order valence-corrected chi connectivity index (χ1v) is 8.62. The van der Waals surface area contributed by atoms with E-state index in [4.69, 9.17) is 11.6 Å². The Morgan fingerprint density at radius 3 is 2.71 bits per heavy atom. The number of nitrogens with zero attached hydrogens (tertiary/aromatic N) is 1. The summed E-state index contributed by atoms with van der Waals surface area (Å²) in [6, 6.07) is 15.1. The number of carbonyl (C=O) groups is 1. The molecule has 0 spiro atoms. The smallest absolute Gasteiger partial charge is 0.255 e. The van der Waals surface area contributed by atoms with Gasteiger partial charge in [-0.2, -0.15) is 0 Å². The van der Waals surface area contributed by atoms with E-state index in [1.807, 2.05) is 49.4 Å². The van der Waals surface area contributed by atoms with Gasteiger partial charge < -0.3 is 10.6 Å². The summed E-state index contributed by atoms with van der Waals surface area (Å²) < 4.78 is 0.526. The molecule has 0 saturated carbocycles. The summed E-state index contributed by atoms with van der Waals surface area (Å²) in [5.41, 5.74) is 3.37. The van der Waals surface area contributed by atoms with Crippen LogP contribution in [0.3, 0.4) is 0 Å². The average molecular weight is 358 g/mol. The van der Waals surface area contributed by atoms with Gasteiger partial charge in [-0.05, 0) is 42.8 Å². The largest absolute Gasteiger partial charge is 0.380 e. The fourth-order valence-electron chi connectivity index (χ4n) is 2.25. The second-order valence-corrected chi connectivity index (χ2v) is 7.03. The van der Waals surface area contributed by atoms with E-state index >= 15 is 0 Å². The molecule has 0 unspecified atom stereocenters. The Morgan fingerprint density at radius 2 is 1.96 bits per heavy atom. The van der Waals surface area contributed by atoms with Gasteiger partial charge in [0.15, 0.2) is 4.47 Å². The van der Waals surface area contributed by atoms with Crippen molar-refractivity contribution in [2.75, 3.05) is 10.6 Å². The van der Waals surface area contributed by atoms with E-state index in [-0.39, 0.29) is 5.91 Å². The maximum Gasteiger partial charge on any atom is 0.255 e. The van der Waals surface area contributed by atoms with Gasteiger partial charge in [0.25, 0.3) is 5.91 Å². The minimum Gasteiger partial charge on any atom is -0.380 e. The Morgan fingerprint density at radius 1 is 1.17 bits per heavy atom. The molecule has 2 aromatic carbocycles. The van der Waals surface area contributed by atoms with Crippen molar-refractivity contribution < 1.29 is 4.79 Å². The van der Waals surface area contributed by atoms with Crippen molar-refractivity contribution in [1.29, 1.82) is 0 Å². The lowest BCUT2D eigenvalue weighted by Gasteiger charge is -2.09. The monoisotopic (exact) mass is 357 g/mol. The zero-order valence-corrected chi connectivity index (χ0v) is 14.6. The Hall–Kier alpha value is -2.37. The van der Waals surface area contributed by atoms with Gasteiger partial charge in [-0.25, -0.2) is 4.98 Å². The third-order valence-electron chi connectivity index (χ3n) is 3.39. The zero-order chi connectivity index (χ0) is 16.9. The number of anilines is 2. The summed E-state index contributed by atoms with van der Waals surface area (Å²) in [7, 11) is 0. The van der Waals surface area contributed by atoms with Crippen LogP contribution in [-0.2, 0) is 6.54 Å². The first-order chi connectivity index (χ1) is 11.6. The fourth-order valence-corrected chi connectivity index (χ4v) is 3.17. The number of halogens is 1. The predicted octanol–water partition coefficient (Wildman–Crippen LogP) is 4.97. The quantitative estimate of drug-likeness (QED) is 0.677. The summed E-state index contributed by atoms with van der Waals surface area (Å²) in [6.45, 7) is 2.61. The van der Waals surface area contributed by atoms with Crippen LogP contribution in [0.1, 0.15) is 20.8 Å². The standard InChI is InChI=1S/C18H16ClN3OS/c1-12-4-2-7-15(8-12)22-17(23)13-5-3-6-14(9-13)20-10-16-11-21-18(19)24-16/h2-9,11,20H,10H2,1H3,(H,22,23). The molecule has 3 aromatic rings. The van der Waals surface area contributed by atoms with E-state index in [1.54, 1.807) is 12.3 Å². The number of aromatic nitrogens is 1. The van der Waals surface area contributed by atoms with Crippen LogP contribution in [0.4, 0.5) is 11.4 Å². The summed E-state index contributed by atoms with van der Waals surface area (Å²) in [5, 5.41) is 6.19. The summed E-state index contributed by atoms with van der Waals surface area (Å²) >= 11 is 7.26. The third kappa shape index (κ3) is 4.34. The Balaban J connectivity index is 1.66. The second kappa shape index (κ2) is 7.47. The van der Waals surface area contributed by atoms with Gasteiger partial charge in [-0.15, -0.1) is 11.3 Å². The number of hydrogen-bond acceptors (Lipinski definition) is 4. The van der Waals surface area contributed by atoms with Gasteiger partial charge >= 0.3 is 0 Å². The van der Waals surface area contributed by atoms with Crippen molar-refractivity contribution in [2.24, 2.45) is 0 Å². The topological polar surface area (TPSA) is 54.0 Å². The molecular weight excluding hydrogens is 342 g/mol. The molecule has 0 atom stereocenters. The van der Waals surface area contributed by atoms with E-state index in [0.29, 0.717) is 16.6 Å². The average Bonchev–Trinajstić information content (AvgIpc) is 2.99. The summed E-state index contributed by atoms with van der Waals surface area (Å²) in [4.78, 5) is 17.4. The molecule has 3 rings (SSSR count). The number of carbonyl (C=O) groups excluding carboxylic acids is 1. The number of rotatable bonds is 5. The predicted molar refractivity (Wildman–Crippen MR) is 100 cm³/mol. The molecule has 0 bridgehead atoms. The van der Waals surface area contributed by atoms with Gasteiger partial charge in [0.2, 0.25) is 0 Å². The van der Waals surface area contributed by atoms with Crippen LogP contribution in [0.5, 0.6) is 0 Å². The fraction of sp³-hybridized carbons (Fsp3) is 0.111. The highest BCUT2D eigenvalue weighted by Gasteiger charge is 2.07. The van der Waals surface area contributed by atoms with Crippen LogP contribution >= 0.6 is 22.9 Å². The molecule has 0 aliphatic heterocycles. The van der Waals surface area contributed by atoms with Gasteiger partial charge in [-0.3, -0.25) is 4.79 Å². The van der Waals surface area contributed by atoms with E-state index in [2.05, 4.69) is 15.6 Å². The van der Waals surface area contributed by atoms with Crippen LogP contribution in [-0.4, -0.2) is 10.9 Å². The number of nitrogens with one attached hydrogen (secondary N) is 2. The lowest BCUT2D eigenvalue weighted by Crippen LogP contribution is -2.12. The van der Waals surface area contributed by atoms with E-state index in [9.17, 15) is 4.79 Å². The molecule has 24 heavy (non-hydrogen) atoms. The maximum absolute atomic E-state index is 12.4. The van der Waals surface area contributed by atoms with Gasteiger partial charge in [0.1, 0.15) is 0 Å². The van der Waals surface area contributed by atoms with Crippen molar-refractivity contribution in [3.8, 4) is 0 Å². The highest BCUT2D eigenvalue weighted by molar-refractivity contribution is 7.15. The number of thiazole rings is 1. The van der Waals surface area contributed by atoms with Crippen LogP contribution in [0.2, 0.25) is 4.47 Å². The molecule has 0 fully saturated rings. The highest BCUT2D eigenvalue weighted by Crippen LogP contribution is 2.20. The van der Waals surface area contributed by atoms with Crippen LogP contribution in [0.25, 0.3) is 0 Å². The summed E-state index contributed by atoms with van der Waals surface area (Å²) in [6.07, 6.45) is 1.74. The van der Waals surface area contributed by atoms with E-state index in [0.717, 1.165) is 21.8 Å². The normalized spacial score (nSPS) is 10.4. The zero-order valence-electron chi connectivity index (χ0n) is 13.0. The van der Waals surface area contributed by atoms with Crippen molar-refractivity contribution in [3.05, 3.63) is 75.2 Å². The van der Waals surface area contributed by atoms with E-state index in [1.165, 1.54) is 11.3 Å². The molecule has 1 aromatic heterocycles. The molecule has 1 heterocycles. The minimum absolute atomic E-state index is 0.134. The Kier molecular flexibility index (Phi) is 5.13. The molecular formula is C18H16ClN3OS. The highest BCUT2D eigenvalue weighted by atomic mass is 35.5. The van der Waals surface area contributed by atoms with Crippen molar-refractivity contribution in [3.63, 3.8) is 0 Å². The van der Waals surface area contributed by atoms with E-state index < -0.39 is 0 Å². The van der Waals surface area contributed by atoms with Crippen molar-refractivity contribution in [2.45, 2.75) is 13.5 Å². The third-order valence-corrected chi connectivity index (χ3v) is 4.51. The molecule has 0 aliphatic rings. The van der Waals surface area contributed by atoms with Gasteiger partial charge in [0.05, 0.1) is 6.54 Å². The van der Waals surface area contributed by atoms with Gasteiger partial charge in [-0.1, -0.05) is 29.8 Å². The number of benzene rings is 2. The minimum atomic E-state index is -0.134. The van der Waals surface area contributed by atoms with Crippen molar-refractivity contribution in [1.82, 2.24) is 4.98 Å². The molecule has 0 radical (unpaired) electrons. The van der Waals surface area contributed by atoms with Gasteiger partial charge in [0, 0.05) is 28.0 Å². The second-order valence-electron chi connectivity index (χ2n) is 5.34. The van der Waals surface area contributed by atoms with Crippen LogP contribution in [0, 0.1) is 6.92 Å². The number of aryl methyl sites for hydroxylation is 1.